The van der Waals surface area contributed by atoms with Crippen molar-refractivity contribution in [2.75, 3.05) is 6.61 Å². The maximum absolute atomic E-state index is 11.6. The van der Waals surface area contributed by atoms with E-state index in [-0.39, 0.29) is 24.5 Å². The summed E-state index contributed by atoms with van der Waals surface area (Å²) in [5.41, 5.74) is 0.242. The highest BCUT2D eigenvalue weighted by Gasteiger charge is 2.24. The van der Waals surface area contributed by atoms with Crippen LogP contribution in [0.15, 0.2) is 10.8 Å². The largest absolute Gasteiger partial charge is 0.458 e. The first kappa shape index (κ1) is 11.1. The highest BCUT2D eigenvalue weighted by atomic mass is 16.6. The fourth-order valence-corrected chi connectivity index (χ4v) is 1.75. The Morgan fingerprint density at radius 3 is 3.00 bits per heavy atom. The monoisotopic (exact) mass is 225 g/mol. The number of rotatable bonds is 3. The fourth-order valence-electron chi connectivity index (χ4n) is 1.75. The third kappa shape index (κ3) is 2.41. The predicted molar refractivity (Wildman–Crippen MR) is 55.1 cm³/mol. The summed E-state index contributed by atoms with van der Waals surface area (Å²) >= 11 is 0. The fraction of sp³-hybridized carbons (Fsp3) is 0.636. The van der Waals surface area contributed by atoms with Crippen molar-refractivity contribution in [3.63, 3.8) is 0 Å². The molecular weight excluding hydrogens is 210 g/mol. The predicted octanol–water partition coefficient (Wildman–Crippen LogP) is 1.71. The summed E-state index contributed by atoms with van der Waals surface area (Å²) in [7, 11) is 0. The third-order valence-corrected chi connectivity index (χ3v) is 2.66. The Kier molecular flexibility index (Phi) is 3.24. The molecule has 5 nitrogen and oxygen atoms in total. The molecule has 0 aliphatic carbocycles. The van der Waals surface area contributed by atoms with Crippen molar-refractivity contribution in [3.05, 3.63) is 17.8 Å². The number of nitrogens with zero attached hydrogens (tertiary/aromatic N) is 1. The minimum atomic E-state index is -0.450. The van der Waals surface area contributed by atoms with E-state index < -0.39 is 5.97 Å². The highest BCUT2D eigenvalue weighted by molar-refractivity contribution is 5.88. The molecule has 0 spiro atoms. The molecule has 0 aromatic carbocycles. The van der Waals surface area contributed by atoms with E-state index in [2.05, 4.69) is 4.98 Å². The van der Waals surface area contributed by atoms with Crippen molar-refractivity contribution in [2.45, 2.75) is 38.9 Å². The molecule has 1 aromatic heterocycles. The molecule has 2 rings (SSSR count). The molecule has 0 N–H and O–H groups in total. The third-order valence-electron chi connectivity index (χ3n) is 2.66. The quantitative estimate of drug-likeness (QED) is 0.733. The van der Waals surface area contributed by atoms with Crippen LogP contribution in [0.4, 0.5) is 0 Å². The summed E-state index contributed by atoms with van der Waals surface area (Å²) in [6, 6.07) is 0. The van der Waals surface area contributed by atoms with Crippen LogP contribution in [0.25, 0.3) is 0 Å². The van der Waals surface area contributed by atoms with Gasteiger partial charge in [0.05, 0.1) is 12.2 Å². The standard InChI is InChI=1S/C11H15NO4/c1-7-3-4-9(16-7)5-14-11(13)10-8(2)15-6-12-10/h6-7,9H,3-5H2,1-2H3/t7-,9-/m0/s1. The molecule has 0 amide bonds. The van der Waals surface area contributed by atoms with Gasteiger partial charge in [-0.3, -0.25) is 0 Å². The summed E-state index contributed by atoms with van der Waals surface area (Å²) < 4.78 is 15.6. The van der Waals surface area contributed by atoms with Crippen LogP contribution >= 0.6 is 0 Å². The van der Waals surface area contributed by atoms with Gasteiger partial charge in [0.15, 0.2) is 12.1 Å². The van der Waals surface area contributed by atoms with E-state index in [1.807, 2.05) is 6.92 Å². The van der Waals surface area contributed by atoms with E-state index in [9.17, 15) is 4.79 Å². The highest BCUT2D eigenvalue weighted by Crippen LogP contribution is 2.19. The van der Waals surface area contributed by atoms with Crippen molar-refractivity contribution in [3.8, 4) is 0 Å². The second kappa shape index (κ2) is 4.65. The SMILES string of the molecule is Cc1ocnc1C(=O)OC[C@@H]1CC[C@H](C)O1. The minimum absolute atomic E-state index is 0.0196. The zero-order valence-electron chi connectivity index (χ0n) is 9.43. The van der Waals surface area contributed by atoms with Crippen LogP contribution in [0, 0.1) is 6.92 Å². The second-order valence-corrected chi connectivity index (χ2v) is 4.00. The lowest BCUT2D eigenvalue weighted by Crippen LogP contribution is -2.19. The van der Waals surface area contributed by atoms with Gasteiger partial charge in [0.2, 0.25) is 0 Å². The lowest BCUT2D eigenvalue weighted by molar-refractivity contribution is -0.00305. The molecule has 16 heavy (non-hydrogen) atoms. The molecule has 88 valence electrons. The van der Waals surface area contributed by atoms with Crippen molar-refractivity contribution < 1.29 is 18.7 Å². The number of hydrogen-bond acceptors (Lipinski definition) is 5. The molecule has 1 aliphatic heterocycles. The summed E-state index contributed by atoms with van der Waals surface area (Å²) in [4.78, 5) is 15.4. The average Bonchev–Trinajstić information content (AvgIpc) is 2.84. The molecule has 2 atom stereocenters. The van der Waals surface area contributed by atoms with Gasteiger partial charge in [-0.2, -0.15) is 0 Å². The Labute approximate surface area is 93.7 Å². The van der Waals surface area contributed by atoms with Crippen LogP contribution in [0.2, 0.25) is 0 Å². The number of carbonyl (C=O) groups excluding carboxylic acids is 1. The molecule has 1 aliphatic rings. The molecular formula is C11H15NO4. The maximum atomic E-state index is 11.6. The van der Waals surface area contributed by atoms with Crippen LogP contribution < -0.4 is 0 Å². The smallest absolute Gasteiger partial charge is 0.360 e. The van der Waals surface area contributed by atoms with Gasteiger partial charge in [-0.15, -0.1) is 0 Å². The van der Waals surface area contributed by atoms with Gasteiger partial charge in [-0.25, -0.2) is 9.78 Å². The average molecular weight is 225 g/mol. The first-order valence-corrected chi connectivity index (χ1v) is 5.39. The molecule has 1 fully saturated rings. The molecule has 1 saturated heterocycles. The molecule has 0 saturated carbocycles. The van der Waals surface area contributed by atoms with Crippen LogP contribution in [0.3, 0.4) is 0 Å². The molecule has 0 unspecified atom stereocenters. The van der Waals surface area contributed by atoms with Gasteiger partial charge >= 0.3 is 5.97 Å². The zero-order valence-corrected chi connectivity index (χ0v) is 9.43. The van der Waals surface area contributed by atoms with Crippen LogP contribution in [0.5, 0.6) is 0 Å². The summed E-state index contributed by atoms with van der Waals surface area (Å²) in [6.45, 7) is 3.98. The Morgan fingerprint density at radius 1 is 1.62 bits per heavy atom. The van der Waals surface area contributed by atoms with Crippen molar-refractivity contribution >= 4 is 5.97 Å². The first-order chi connectivity index (χ1) is 7.66. The van der Waals surface area contributed by atoms with Crippen LogP contribution in [0.1, 0.15) is 36.0 Å². The second-order valence-electron chi connectivity index (χ2n) is 4.00. The Hall–Kier alpha value is -1.36. The van der Waals surface area contributed by atoms with Crippen molar-refractivity contribution in [1.82, 2.24) is 4.98 Å². The van der Waals surface area contributed by atoms with E-state index in [1.54, 1.807) is 6.92 Å². The van der Waals surface area contributed by atoms with Gasteiger partial charge in [0.1, 0.15) is 12.4 Å². The van der Waals surface area contributed by atoms with E-state index in [0.717, 1.165) is 12.8 Å². The molecule has 2 heterocycles. The first-order valence-electron chi connectivity index (χ1n) is 5.39. The zero-order chi connectivity index (χ0) is 11.5. The van der Waals surface area contributed by atoms with Crippen molar-refractivity contribution in [2.24, 2.45) is 0 Å². The normalized spacial score (nSPS) is 24.6. The van der Waals surface area contributed by atoms with Gasteiger partial charge in [0, 0.05) is 0 Å². The lowest BCUT2D eigenvalue weighted by Gasteiger charge is -2.10. The number of aryl methyl sites for hydroxylation is 1. The van der Waals surface area contributed by atoms with Crippen LogP contribution in [-0.2, 0) is 9.47 Å². The number of hydrogen-bond donors (Lipinski definition) is 0. The number of carbonyl (C=O) groups is 1. The number of oxazole rings is 1. The van der Waals surface area contributed by atoms with E-state index in [1.165, 1.54) is 6.39 Å². The van der Waals surface area contributed by atoms with E-state index in [4.69, 9.17) is 13.9 Å². The molecule has 0 radical (unpaired) electrons. The van der Waals surface area contributed by atoms with Gasteiger partial charge in [0.25, 0.3) is 0 Å². The number of aromatic nitrogens is 1. The minimum Gasteiger partial charge on any atom is -0.458 e. The molecule has 1 aromatic rings. The van der Waals surface area contributed by atoms with Gasteiger partial charge in [-0.05, 0) is 26.7 Å². The molecule has 5 heteroatoms. The van der Waals surface area contributed by atoms with E-state index >= 15 is 0 Å². The topological polar surface area (TPSA) is 61.6 Å². The van der Waals surface area contributed by atoms with E-state index in [0.29, 0.717) is 5.76 Å². The summed E-state index contributed by atoms with van der Waals surface area (Å²) in [5.74, 6) is 0.0279. The summed E-state index contributed by atoms with van der Waals surface area (Å²) in [5, 5.41) is 0. The Balaban J connectivity index is 1.82. The summed E-state index contributed by atoms with van der Waals surface area (Å²) in [6.07, 6.45) is 3.47. The van der Waals surface area contributed by atoms with Crippen LogP contribution in [-0.4, -0.2) is 29.8 Å². The van der Waals surface area contributed by atoms with Crippen molar-refractivity contribution in [1.29, 1.82) is 0 Å². The Bertz CT molecular complexity index is 374. The number of ether oxygens (including phenoxy) is 2. The van der Waals surface area contributed by atoms with Gasteiger partial charge < -0.3 is 13.9 Å². The van der Waals surface area contributed by atoms with Gasteiger partial charge in [-0.1, -0.05) is 0 Å². The number of esters is 1. The molecule has 0 bridgehead atoms. The lowest BCUT2D eigenvalue weighted by atomic mass is 10.2. The maximum Gasteiger partial charge on any atom is 0.360 e. The Morgan fingerprint density at radius 2 is 2.44 bits per heavy atom.